The van der Waals surface area contributed by atoms with Crippen LogP contribution in [0.2, 0.25) is 23.2 Å². The summed E-state index contributed by atoms with van der Waals surface area (Å²) >= 11 is 0. The van der Waals surface area contributed by atoms with Crippen LogP contribution in [-0.4, -0.2) is 66.7 Å². The highest BCUT2D eigenvalue weighted by atomic mass is 31.1. The lowest BCUT2D eigenvalue weighted by Gasteiger charge is -2.44. The molecule has 282 valence electrons. The molecule has 1 amide bonds. The second-order valence-corrected chi connectivity index (χ2v) is 25.4. The number of nitrogens with one attached hydrogen (secondary N) is 1. The number of nitrogens with zero attached hydrogens (tertiary/aromatic N) is 2. The number of aliphatic hydroxyl groups is 1. The number of benzene rings is 3. The maximum Gasteiger partial charge on any atom is 0.698 e. The predicted octanol–water partition coefficient (Wildman–Crippen LogP) is 5.71. The van der Waals surface area contributed by atoms with E-state index in [1.165, 1.54) is 12.3 Å². The van der Waals surface area contributed by atoms with Crippen LogP contribution in [-0.2, 0) is 22.7 Å². The molecule has 2 heterocycles. The Balaban J connectivity index is 1.60. The fraction of sp³-hybridized carbons (Fsp3) is 0.395. The number of rotatable bonds is 12. The quantitative estimate of drug-likeness (QED) is 0.0924. The summed E-state index contributed by atoms with van der Waals surface area (Å²) in [6, 6.07) is 29.7. The molecule has 1 aromatic heterocycles. The summed E-state index contributed by atoms with van der Waals surface area (Å²) in [6.07, 6.45) is -2.91. The van der Waals surface area contributed by atoms with Crippen LogP contribution >= 0.6 is 8.25 Å². The molecule has 15 heteroatoms. The van der Waals surface area contributed by atoms with Crippen molar-refractivity contribution < 1.29 is 37.5 Å². The van der Waals surface area contributed by atoms with E-state index in [9.17, 15) is 24.2 Å². The largest absolute Gasteiger partial charge is 0.698 e. The van der Waals surface area contributed by atoms with Gasteiger partial charge in [-0.1, -0.05) is 125 Å². The van der Waals surface area contributed by atoms with Crippen molar-refractivity contribution in [2.45, 2.75) is 88.9 Å². The van der Waals surface area contributed by atoms with Gasteiger partial charge in [0, 0.05) is 16.3 Å². The Morgan fingerprint density at radius 2 is 1.43 bits per heavy atom. The first-order valence-corrected chi connectivity index (χ1v) is 23.4. The lowest BCUT2D eigenvalue weighted by atomic mass is 10.1. The average Bonchev–Trinajstić information content (AvgIpc) is 3.34. The molecule has 1 aliphatic heterocycles. The molecule has 0 spiro atoms. The lowest BCUT2D eigenvalue weighted by Crippen LogP contribution is -2.67. The summed E-state index contributed by atoms with van der Waals surface area (Å²) in [5.41, 5.74) is -0.558. The number of amides is 1. The average molecular weight is 779 g/mol. The third kappa shape index (κ3) is 8.36. The van der Waals surface area contributed by atoms with E-state index in [-0.39, 0.29) is 17.5 Å². The van der Waals surface area contributed by atoms with E-state index < -0.39 is 65.7 Å². The van der Waals surface area contributed by atoms with Crippen molar-refractivity contribution >= 4 is 47.0 Å². The van der Waals surface area contributed by atoms with E-state index in [4.69, 9.17) is 18.1 Å². The van der Waals surface area contributed by atoms with Gasteiger partial charge in [-0.3, -0.25) is 9.36 Å². The summed E-state index contributed by atoms with van der Waals surface area (Å²) in [5.74, 6) is -3.18. The lowest BCUT2D eigenvalue weighted by molar-refractivity contribution is -0.228. The molecule has 1 fully saturated rings. The maximum absolute atomic E-state index is 13.7. The van der Waals surface area contributed by atoms with Crippen molar-refractivity contribution in [2.75, 3.05) is 11.9 Å². The first-order valence-electron chi connectivity index (χ1n) is 17.4. The second-order valence-electron chi connectivity index (χ2n) is 15.7. The van der Waals surface area contributed by atoms with Gasteiger partial charge in [-0.25, -0.2) is 4.79 Å². The minimum atomic E-state index is -3.44. The van der Waals surface area contributed by atoms with Gasteiger partial charge in [-0.15, -0.1) is 4.89 Å². The van der Waals surface area contributed by atoms with Gasteiger partial charge in [0.25, 0.3) is 20.0 Å². The van der Waals surface area contributed by atoms with E-state index in [2.05, 4.69) is 31.1 Å². The monoisotopic (exact) mass is 778 g/mol. The van der Waals surface area contributed by atoms with Gasteiger partial charge in [-0.2, -0.15) is 4.98 Å². The number of anilines is 1. The van der Waals surface area contributed by atoms with Crippen LogP contribution in [0.4, 0.5) is 5.82 Å². The van der Waals surface area contributed by atoms with E-state index in [1.54, 1.807) is 30.3 Å². The fourth-order valence-corrected chi connectivity index (χ4v) is 12.7. The Hall–Kier alpha value is -3.70. The Morgan fingerprint density at radius 3 is 1.91 bits per heavy atom. The van der Waals surface area contributed by atoms with E-state index in [0.29, 0.717) is 5.56 Å². The highest BCUT2D eigenvalue weighted by molar-refractivity contribution is 7.32. The molecule has 3 N–H and O–H groups in total. The Bertz CT molecular complexity index is 1920. The van der Waals surface area contributed by atoms with Crippen LogP contribution in [0.25, 0.3) is 0 Å². The molecule has 12 nitrogen and oxygen atoms in total. The van der Waals surface area contributed by atoms with Crippen LogP contribution in [0.5, 0.6) is 0 Å². The number of carbonyl (C=O) groups excluding carboxylic acids is 1. The molecule has 4 aromatic rings. The highest BCUT2D eigenvalue weighted by Crippen LogP contribution is 2.49. The second kappa shape index (κ2) is 15.6. The number of carbonyl (C=O) groups is 1. The molecule has 0 saturated carbocycles. The molecule has 0 bridgehead atoms. The number of ether oxygens (including phenoxy) is 1. The van der Waals surface area contributed by atoms with Crippen LogP contribution in [0.1, 0.15) is 58.1 Å². The molecule has 0 aliphatic carbocycles. The summed E-state index contributed by atoms with van der Waals surface area (Å²) in [4.78, 5) is 40.6. The molecule has 53 heavy (non-hydrogen) atoms. The summed E-state index contributed by atoms with van der Waals surface area (Å²) in [7, 11) is -9.38. The summed E-state index contributed by atoms with van der Waals surface area (Å²) in [6.45, 7) is 16.2. The zero-order valence-electron chi connectivity index (χ0n) is 31.3. The van der Waals surface area contributed by atoms with Gasteiger partial charge in [0.15, 0.2) is 14.5 Å². The Morgan fingerprint density at radius 1 is 0.906 bits per heavy atom. The van der Waals surface area contributed by atoms with E-state index in [1.807, 2.05) is 94.5 Å². The zero-order chi connectivity index (χ0) is 38.8. The van der Waals surface area contributed by atoms with Crippen molar-refractivity contribution in [1.82, 2.24) is 9.55 Å². The molecule has 1 aliphatic rings. The topological polar surface area (TPSA) is 158 Å². The molecule has 5 rings (SSSR count). The number of aromatic nitrogens is 2. The van der Waals surface area contributed by atoms with Gasteiger partial charge in [0.1, 0.15) is 18.0 Å². The minimum Gasteiger partial charge on any atom is -0.406 e. The smallest absolute Gasteiger partial charge is 0.406 e. The first kappa shape index (κ1) is 40.5. The minimum absolute atomic E-state index is 0.0450. The van der Waals surface area contributed by atoms with Crippen molar-refractivity contribution in [1.29, 1.82) is 0 Å². The first-order chi connectivity index (χ1) is 24.8. The highest BCUT2D eigenvalue weighted by Gasteiger charge is 2.66. The summed E-state index contributed by atoms with van der Waals surface area (Å²) in [5, 5.41) is 16.3. The van der Waals surface area contributed by atoms with Crippen molar-refractivity contribution in [3.05, 3.63) is 119 Å². The Kier molecular flexibility index (Phi) is 11.9. The molecular formula is C38H49N3O9PSi2+. The van der Waals surface area contributed by atoms with Crippen LogP contribution in [0, 0.1) is 0 Å². The standard InChI is InChI=1S/C38H48N3O9PSi2/c1-36(2,3)52(7,8)49-32-30(26-47-53(37(4,5)6,28-20-14-10-15-21-28)29-22-16-11-17-23-29)48-34(38(32,44)50-51(45)46)41-25-24-31(40-35(41)43)39-33(42)27-18-12-9-13-19-27/h9-25,30,32,34,44H,26H2,1-8H3,(H-,39,40,42,43,45,46)/p+1/t30-,32-,34-,38+/m1/s1. The Labute approximate surface area is 313 Å². The van der Waals surface area contributed by atoms with Gasteiger partial charge in [0.05, 0.1) is 6.61 Å². The van der Waals surface area contributed by atoms with Gasteiger partial charge in [0.2, 0.25) is 0 Å². The molecule has 3 aromatic carbocycles. The number of hydrogen-bond donors (Lipinski definition) is 3. The van der Waals surface area contributed by atoms with E-state index >= 15 is 0 Å². The third-order valence-electron chi connectivity index (χ3n) is 10.1. The zero-order valence-corrected chi connectivity index (χ0v) is 34.2. The van der Waals surface area contributed by atoms with Crippen molar-refractivity contribution in [3.63, 3.8) is 0 Å². The molecule has 5 atom stereocenters. The number of hydrogen-bond acceptors (Lipinski definition) is 9. The fourth-order valence-electron chi connectivity index (χ4n) is 6.42. The van der Waals surface area contributed by atoms with Crippen LogP contribution < -0.4 is 21.4 Å². The van der Waals surface area contributed by atoms with Crippen molar-refractivity contribution in [2.24, 2.45) is 0 Å². The molecule has 0 radical (unpaired) electrons. The predicted molar refractivity (Wildman–Crippen MR) is 208 cm³/mol. The SMILES string of the molecule is CC(C)(C)[Si](C)(C)O[C@@H]1[C@@H](CO[Si](c2ccccc2)(c2ccccc2)C(C)(C)C)O[C@@H](n2ccc(NC(=O)c3ccccc3)nc2=O)[C@@]1(O)O[P+](=O)O. The maximum atomic E-state index is 13.7. The van der Waals surface area contributed by atoms with Gasteiger partial charge < -0.3 is 24.0 Å². The third-order valence-corrected chi connectivity index (χ3v) is 20.0. The summed E-state index contributed by atoms with van der Waals surface area (Å²) < 4.78 is 39.4. The molecule has 1 saturated heterocycles. The van der Waals surface area contributed by atoms with Crippen LogP contribution in [0.15, 0.2) is 108 Å². The van der Waals surface area contributed by atoms with Gasteiger partial charge in [-0.05, 0) is 51.7 Å². The van der Waals surface area contributed by atoms with E-state index in [0.717, 1.165) is 14.9 Å². The normalized spacial score (nSPS) is 21.3. The van der Waals surface area contributed by atoms with Crippen molar-refractivity contribution in [3.8, 4) is 0 Å². The van der Waals surface area contributed by atoms with Gasteiger partial charge >= 0.3 is 13.9 Å². The van der Waals surface area contributed by atoms with Crippen LogP contribution in [0.3, 0.4) is 0 Å². The molecule has 1 unspecified atom stereocenters. The molecular weight excluding hydrogens is 730 g/mol.